The number of aromatic nitrogens is 2. The zero-order valence-electron chi connectivity index (χ0n) is 48.0. The van der Waals surface area contributed by atoms with E-state index in [9.17, 15) is 4.79 Å². The summed E-state index contributed by atoms with van der Waals surface area (Å²) in [5, 5.41) is 6.52. The van der Waals surface area contributed by atoms with Gasteiger partial charge in [0.15, 0.2) is 0 Å². The highest BCUT2D eigenvalue weighted by Gasteiger charge is 2.33. The lowest BCUT2D eigenvalue weighted by Gasteiger charge is -2.34. The highest BCUT2D eigenvalue weighted by atomic mass is 16.6. The summed E-state index contributed by atoms with van der Waals surface area (Å²) < 4.78 is 11.0. The zero-order valence-corrected chi connectivity index (χ0v) is 48.0. The summed E-state index contributed by atoms with van der Waals surface area (Å²) in [5.74, 6) is 2.88. The van der Waals surface area contributed by atoms with Gasteiger partial charge in [0.05, 0.1) is 11.4 Å². The van der Waals surface area contributed by atoms with Crippen LogP contribution in [0, 0.1) is 25.7 Å². The largest absolute Gasteiger partial charge is 0.444 e. The second kappa shape index (κ2) is 26.7. The Labute approximate surface area is 469 Å². The molecular formula is C67H86N6O6. The van der Waals surface area contributed by atoms with Gasteiger partial charge in [-0.2, -0.15) is 19.2 Å². The van der Waals surface area contributed by atoms with Crippen LogP contribution in [-0.4, -0.2) is 90.4 Å². The van der Waals surface area contributed by atoms with Crippen LogP contribution in [-0.2, 0) is 37.0 Å². The number of nitrogens with zero attached hydrogens (tertiary/aromatic N) is 5. The van der Waals surface area contributed by atoms with Crippen molar-refractivity contribution in [3.63, 3.8) is 0 Å². The molecule has 12 nitrogen and oxygen atoms in total. The van der Waals surface area contributed by atoms with E-state index >= 15 is 0 Å². The maximum Gasteiger partial charge on any atom is 0.410 e. The Kier molecular flexibility index (Phi) is 19.3. The second-order valence-electron chi connectivity index (χ2n) is 24.4. The monoisotopic (exact) mass is 1070 g/mol. The van der Waals surface area contributed by atoms with E-state index in [1.807, 2.05) is 25.7 Å². The van der Waals surface area contributed by atoms with Crippen molar-refractivity contribution in [1.82, 2.24) is 19.4 Å². The molecule has 12 heteroatoms. The van der Waals surface area contributed by atoms with Crippen LogP contribution in [0.15, 0.2) is 84.9 Å². The molecule has 0 radical (unpaired) electrons. The van der Waals surface area contributed by atoms with Crippen LogP contribution in [0.3, 0.4) is 0 Å². The first-order valence-corrected chi connectivity index (χ1v) is 30.0. The Morgan fingerprint density at radius 2 is 0.962 bits per heavy atom. The summed E-state index contributed by atoms with van der Waals surface area (Å²) in [6.07, 6.45) is 21.2. The first-order chi connectivity index (χ1) is 38.4. The third-order valence-electron chi connectivity index (χ3n) is 18.1. The fourth-order valence-electron chi connectivity index (χ4n) is 14.3. The van der Waals surface area contributed by atoms with Crippen molar-refractivity contribution >= 4 is 51.6 Å². The average molecular weight is 1070 g/mol. The molecule has 79 heavy (non-hydrogen) atoms. The number of aryl methyl sites for hydroxylation is 2. The number of hydrogen-bond donors (Lipinski definition) is 1. The molecule has 0 unspecified atom stereocenters. The van der Waals surface area contributed by atoms with E-state index in [1.54, 1.807) is 11.1 Å². The molecule has 2 aromatic heterocycles. The van der Waals surface area contributed by atoms with Crippen LogP contribution in [0.1, 0.15) is 158 Å². The second-order valence-corrected chi connectivity index (χ2v) is 24.4. The highest BCUT2D eigenvalue weighted by Crippen LogP contribution is 2.49. The Bertz CT molecular complexity index is 3060. The number of nitrogens with one attached hydrogen (secondary N) is 1. The Hall–Kier alpha value is -6.45. The van der Waals surface area contributed by atoms with Crippen molar-refractivity contribution in [3.05, 3.63) is 107 Å². The summed E-state index contributed by atoms with van der Waals surface area (Å²) in [4.78, 5) is 52.3. The fraction of sp³-hybridized carbons (Fsp3) is 0.537. The molecule has 420 valence electrons. The number of anilines is 2. The van der Waals surface area contributed by atoms with Gasteiger partial charge in [-0.3, -0.25) is 0 Å². The number of amides is 1. The summed E-state index contributed by atoms with van der Waals surface area (Å²) in [7, 11) is 0. The summed E-state index contributed by atoms with van der Waals surface area (Å²) in [5.41, 5.74) is 17.2. The van der Waals surface area contributed by atoms with E-state index in [1.165, 1.54) is 176 Å². The molecule has 2 saturated carbocycles. The first-order valence-electron chi connectivity index (χ1n) is 30.0. The van der Waals surface area contributed by atoms with Crippen LogP contribution in [0.25, 0.3) is 44.3 Å². The van der Waals surface area contributed by atoms with Gasteiger partial charge in [0.1, 0.15) is 5.60 Å². The predicted octanol–water partition coefficient (Wildman–Crippen LogP) is 14.2. The molecule has 1 N–H and O–H groups in total. The van der Waals surface area contributed by atoms with E-state index in [0.717, 1.165) is 64.6 Å². The number of fused-ring (bicyclic) bond motifs is 10. The van der Waals surface area contributed by atoms with Crippen LogP contribution < -0.4 is 15.1 Å². The average Bonchev–Trinajstić information content (AvgIpc) is 4.09. The minimum atomic E-state index is -0.437. The molecular weight excluding hydrogens is 985 g/mol. The number of likely N-dealkylation sites (tertiary alicyclic amines) is 1. The van der Waals surface area contributed by atoms with Gasteiger partial charge in [0, 0.05) is 96.7 Å². The summed E-state index contributed by atoms with van der Waals surface area (Å²) >= 11 is 0. The molecule has 2 saturated heterocycles. The van der Waals surface area contributed by atoms with Crippen LogP contribution in [0.2, 0.25) is 0 Å². The number of benzene rings is 4. The van der Waals surface area contributed by atoms with E-state index < -0.39 is 5.60 Å². The Balaban J connectivity index is 0.000000177. The Morgan fingerprint density at radius 3 is 1.39 bits per heavy atom. The number of carbonyl (C=O) groups excluding carboxylic acids is 5. The smallest absolute Gasteiger partial charge is 0.410 e. The van der Waals surface area contributed by atoms with Crippen molar-refractivity contribution in [2.75, 3.05) is 62.2 Å². The van der Waals surface area contributed by atoms with Gasteiger partial charge in [-0.15, -0.1) is 0 Å². The minimum Gasteiger partial charge on any atom is -0.444 e. The van der Waals surface area contributed by atoms with E-state index in [-0.39, 0.29) is 18.4 Å². The number of carbonyl (C=O) groups is 1. The van der Waals surface area contributed by atoms with Crippen LogP contribution in [0.5, 0.6) is 0 Å². The van der Waals surface area contributed by atoms with Crippen LogP contribution in [0.4, 0.5) is 16.2 Å². The standard InChI is InChI=1S/C35H47N3O2.C30H39N3.2CO2/c1-25-14-15-28-31(24-25)38-23-22-36(19-16-26-17-20-37(21-18-26)34(39)40-35(2,3)4)30-13-9-8-12-29(30)33(38)32(28)27-10-6-5-7-11-27;1-22-11-12-25-28(21-22)33-20-19-32(18-15-23-13-16-31-17-14-23)27-10-6-5-9-26(27)30(33)29(25)24-7-3-2-4-8-24;2*2-1-3/h8-9,12-15,24,26-27H,5-7,10-11,16-23H2,1-4H3;5-6,9-12,21,23-24,31H,2-4,7-8,13-20H2,1H3;;. The van der Waals surface area contributed by atoms with Crippen molar-refractivity contribution in [2.24, 2.45) is 11.8 Å². The zero-order chi connectivity index (χ0) is 55.5. The van der Waals surface area contributed by atoms with E-state index in [2.05, 4.69) is 123 Å². The van der Waals surface area contributed by atoms with Gasteiger partial charge >= 0.3 is 18.4 Å². The molecule has 6 aromatic rings. The molecule has 0 atom stereocenters. The summed E-state index contributed by atoms with van der Waals surface area (Å²) in [6, 6.07) is 32.8. The third-order valence-corrected chi connectivity index (χ3v) is 18.1. The number of para-hydroxylation sites is 2. The quantitative estimate of drug-likeness (QED) is 0.159. The number of hydrogen-bond acceptors (Lipinski definition) is 9. The molecule has 4 aromatic carbocycles. The molecule has 2 aliphatic carbocycles. The maximum atomic E-state index is 12.5. The molecule has 0 bridgehead atoms. The van der Waals surface area contributed by atoms with Crippen molar-refractivity contribution in [3.8, 4) is 22.5 Å². The Morgan fingerprint density at radius 1 is 0.544 bits per heavy atom. The van der Waals surface area contributed by atoms with Crippen molar-refractivity contribution in [1.29, 1.82) is 0 Å². The molecule has 4 aliphatic heterocycles. The van der Waals surface area contributed by atoms with Gasteiger partial charge in [0.25, 0.3) is 0 Å². The SMILES string of the molecule is Cc1ccc2c(C3CCCCC3)c3n(c2c1)CCN(CCC1CCN(C(=O)OC(C)(C)C)CC1)c1ccccc1-3.Cc1ccc2c(C3CCCCC3)c3n(c2c1)CCN(CCC1CCNCC1)c1ccccc1-3.O=C=O.O=C=O. The maximum absolute atomic E-state index is 12.5. The lowest BCUT2D eigenvalue weighted by molar-refractivity contribution is -0.193. The molecule has 0 spiro atoms. The lowest BCUT2D eigenvalue weighted by atomic mass is 9.81. The molecule has 6 heterocycles. The molecule has 6 aliphatic rings. The fourth-order valence-corrected chi connectivity index (χ4v) is 14.3. The molecule has 1 amide bonds. The van der Waals surface area contributed by atoms with Gasteiger partial charge < -0.3 is 33.9 Å². The molecule has 4 fully saturated rings. The van der Waals surface area contributed by atoms with E-state index in [0.29, 0.717) is 17.8 Å². The first kappa shape index (κ1) is 57.2. The minimum absolute atomic E-state index is 0.162. The third kappa shape index (κ3) is 13.4. The molecule has 12 rings (SSSR count). The van der Waals surface area contributed by atoms with Crippen molar-refractivity contribution in [2.45, 2.75) is 168 Å². The number of rotatable bonds is 8. The van der Waals surface area contributed by atoms with Gasteiger partial charge in [-0.25, -0.2) is 4.79 Å². The lowest BCUT2D eigenvalue weighted by Crippen LogP contribution is -2.42. The van der Waals surface area contributed by atoms with Gasteiger partial charge in [-0.05, 0) is 182 Å². The highest BCUT2D eigenvalue weighted by molar-refractivity contribution is 5.97. The van der Waals surface area contributed by atoms with Crippen molar-refractivity contribution < 1.29 is 28.7 Å². The summed E-state index contributed by atoms with van der Waals surface area (Å²) in [6.45, 7) is 20.8. The van der Waals surface area contributed by atoms with E-state index in [4.69, 9.17) is 23.9 Å². The predicted molar refractivity (Wildman–Crippen MR) is 316 cm³/mol. The normalized spacial score (nSPS) is 18.1. The topological polar surface area (TPSA) is 126 Å². The number of ether oxygens (including phenoxy) is 1. The van der Waals surface area contributed by atoms with Gasteiger partial charge in [0.2, 0.25) is 0 Å². The van der Waals surface area contributed by atoms with Gasteiger partial charge in [-0.1, -0.05) is 99.2 Å². The van der Waals surface area contributed by atoms with Crippen LogP contribution >= 0.6 is 0 Å². The number of piperidine rings is 2.